The lowest BCUT2D eigenvalue weighted by molar-refractivity contribution is 0.446. The van der Waals surface area contributed by atoms with E-state index >= 15 is 0 Å². The first-order valence-electron chi connectivity index (χ1n) is 2.69. The Morgan fingerprint density at radius 3 is 2.50 bits per heavy atom. The van der Waals surface area contributed by atoms with E-state index in [0.717, 1.165) is 6.42 Å². The molecule has 0 atom stereocenters. The molecule has 3 nitrogen and oxygen atoms in total. The second kappa shape index (κ2) is 1.37. The lowest BCUT2D eigenvalue weighted by Gasteiger charge is -2.14. The molecule has 0 aliphatic carbocycles. The highest BCUT2D eigenvalue weighted by atomic mass is 15.4. The maximum Gasteiger partial charge on any atom is 0.122 e. The van der Waals surface area contributed by atoms with Crippen LogP contribution in [0.4, 0.5) is 0 Å². The predicted octanol–water partition coefficient (Wildman–Crippen LogP) is 0.0305. The second-order valence-electron chi connectivity index (χ2n) is 2.78. The van der Waals surface area contributed by atoms with Crippen LogP contribution in [0.15, 0.2) is 5.10 Å². The summed E-state index contributed by atoms with van der Waals surface area (Å²) in [7, 11) is 0. The van der Waals surface area contributed by atoms with E-state index in [1.807, 2.05) is 0 Å². The third-order valence-corrected chi connectivity index (χ3v) is 1.13. The molecule has 0 aromatic heterocycles. The molecule has 0 amide bonds. The molecule has 3 N–H and O–H groups in total. The van der Waals surface area contributed by atoms with Gasteiger partial charge in [0.1, 0.15) is 5.84 Å². The lowest BCUT2D eigenvalue weighted by Crippen LogP contribution is -2.31. The maximum absolute atomic E-state index is 5.40. The first-order chi connectivity index (χ1) is 3.60. The normalized spacial score (nSPS) is 24.5. The van der Waals surface area contributed by atoms with Crippen molar-refractivity contribution in [1.29, 1.82) is 0 Å². The molecule has 0 bridgehead atoms. The van der Waals surface area contributed by atoms with Crippen molar-refractivity contribution in [3.63, 3.8) is 0 Å². The van der Waals surface area contributed by atoms with Gasteiger partial charge in [-0.15, -0.1) is 0 Å². The quantitative estimate of drug-likeness (QED) is 0.465. The first-order valence-corrected chi connectivity index (χ1v) is 2.69. The number of nitrogens with two attached hydrogens (primary N) is 1. The number of hydrogen-bond acceptors (Lipinski definition) is 3. The van der Waals surface area contributed by atoms with Crippen LogP contribution >= 0.6 is 0 Å². The van der Waals surface area contributed by atoms with Gasteiger partial charge in [0.25, 0.3) is 0 Å². The second-order valence-corrected chi connectivity index (χ2v) is 2.78. The predicted molar refractivity (Wildman–Crippen MR) is 33.5 cm³/mol. The number of hydrazone groups is 1. The van der Waals surface area contributed by atoms with Crippen molar-refractivity contribution in [2.75, 3.05) is 0 Å². The van der Waals surface area contributed by atoms with E-state index in [1.165, 1.54) is 0 Å². The van der Waals surface area contributed by atoms with Gasteiger partial charge < -0.3 is 11.2 Å². The Morgan fingerprint density at radius 1 is 1.75 bits per heavy atom. The van der Waals surface area contributed by atoms with Gasteiger partial charge in [0.2, 0.25) is 0 Å². The van der Waals surface area contributed by atoms with E-state index in [2.05, 4.69) is 24.4 Å². The molecule has 1 aliphatic rings. The largest absolute Gasteiger partial charge is 0.386 e. The van der Waals surface area contributed by atoms with Gasteiger partial charge in [0.05, 0.1) is 5.54 Å². The van der Waals surface area contributed by atoms with Gasteiger partial charge in [-0.2, -0.15) is 5.10 Å². The molecule has 1 rings (SSSR count). The Balaban J connectivity index is 2.55. The van der Waals surface area contributed by atoms with E-state index in [-0.39, 0.29) is 5.54 Å². The van der Waals surface area contributed by atoms with Crippen LogP contribution in [-0.2, 0) is 0 Å². The molecule has 46 valence electrons. The summed E-state index contributed by atoms with van der Waals surface area (Å²) in [6, 6.07) is 0. The monoisotopic (exact) mass is 113 g/mol. The molecule has 1 heterocycles. The first kappa shape index (κ1) is 5.41. The van der Waals surface area contributed by atoms with E-state index in [0.29, 0.717) is 5.84 Å². The molecule has 0 unspecified atom stereocenters. The zero-order valence-corrected chi connectivity index (χ0v) is 5.23. The van der Waals surface area contributed by atoms with E-state index in [9.17, 15) is 0 Å². The van der Waals surface area contributed by atoms with Crippen LogP contribution in [0.25, 0.3) is 0 Å². The third kappa shape index (κ3) is 0.911. The summed E-state index contributed by atoms with van der Waals surface area (Å²) in [5, 5.41) is 3.83. The van der Waals surface area contributed by atoms with Gasteiger partial charge in [-0.25, -0.2) is 0 Å². The summed E-state index contributed by atoms with van der Waals surface area (Å²) < 4.78 is 0. The maximum atomic E-state index is 5.40. The van der Waals surface area contributed by atoms with Crippen molar-refractivity contribution in [2.24, 2.45) is 10.8 Å². The van der Waals surface area contributed by atoms with E-state index in [4.69, 9.17) is 5.73 Å². The van der Waals surface area contributed by atoms with E-state index in [1.54, 1.807) is 0 Å². The molecule has 0 saturated carbocycles. The molecule has 3 heteroatoms. The fraction of sp³-hybridized carbons (Fsp3) is 0.800. The minimum Gasteiger partial charge on any atom is -0.386 e. The van der Waals surface area contributed by atoms with Gasteiger partial charge in [-0.1, -0.05) is 0 Å². The van der Waals surface area contributed by atoms with Gasteiger partial charge in [0.15, 0.2) is 0 Å². The van der Waals surface area contributed by atoms with Crippen molar-refractivity contribution >= 4 is 5.84 Å². The third-order valence-electron chi connectivity index (χ3n) is 1.13. The van der Waals surface area contributed by atoms with Crippen molar-refractivity contribution in [2.45, 2.75) is 25.8 Å². The highest BCUT2D eigenvalue weighted by Gasteiger charge is 2.23. The van der Waals surface area contributed by atoms with Crippen LogP contribution in [0.1, 0.15) is 20.3 Å². The van der Waals surface area contributed by atoms with Crippen molar-refractivity contribution in [3.8, 4) is 0 Å². The zero-order valence-electron chi connectivity index (χ0n) is 5.23. The van der Waals surface area contributed by atoms with Crippen LogP contribution in [0.2, 0.25) is 0 Å². The molecule has 0 aromatic rings. The van der Waals surface area contributed by atoms with Crippen LogP contribution in [0.3, 0.4) is 0 Å². The van der Waals surface area contributed by atoms with Crippen molar-refractivity contribution < 1.29 is 0 Å². The Bertz CT molecular complexity index is 126. The number of nitrogens with one attached hydrogen (secondary N) is 1. The van der Waals surface area contributed by atoms with Crippen molar-refractivity contribution in [1.82, 2.24) is 5.43 Å². The zero-order chi connectivity index (χ0) is 6.20. The summed E-state index contributed by atoms with van der Waals surface area (Å²) in [6.45, 7) is 4.13. The minimum absolute atomic E-state index is 0.0874. The average molecular weight is 113 g/mol. The van der Waals surface area contributed by atoms with Gasteiger partial charge >= 0.3 is 0 Å². The van der Waals surface area contributed by atoms with Crippen LogP contribution in [0.5, 0.6) is 0 Å². The Kier molecular flexibility index (Phi) is 0.927. The summed E-state index contributed by atoms with van der Waals surface area (Å²) in [6.07, 6.45) is 0.854. The Morgan fingerprint density at radius 2 is 2.38 bits per heavy atom. The highest BCUT2D eigenvalue weighted by molar-refractivity contribution is 5.82. The standard InChI is InChI=1S/C5H11N3/c1-5(2)3-4(6)7-8-5/h8H,3H2,1-2H3,(H2,6,7). The molecule has 0 aromatic carbocycles. The summed E-state index contributed by atoms with van der Waals surface area (Å²) in [4.78, 5) is 0. The SMILES string of the molecule is CC1(C)CC(N)=NN1. The van der Waals surface area contributed by atoms with E-state index < -0.39 is 0 Å². The van der Waals surface area contributed by atoms with Gasteiger partial charge in [-0.05, 0) is 13.8 Å². The number of nitrogens with zero attached hydrogens (tertiary/aromatic N) is 1. The smallest absolute Gasteiger partial charge is 0.122 e. The summed E-state index contributed by atoms with van der Waals surface area (Å²) in [5.41, 5.74) is 8.39. The fourth-order valence-electron chi connectivity index (χ4n) is 0.755. The average Bonchev–Trinajstić information content (AvgIpc) is 1.82. The van der Waals surface area contributed by atoms with Crippen LogP contribution in [-0.4, -0.2) is 11.4 Å². The summed E-state index contributed by atoms with van der Waals surface area (Å²) in [5.74, 6) is 0.704. The lowest BCUT2D eigenvalue weighted by atomic mass is 10.0. The fourth-order valence-corrected chi connectivity index (χ4v) is 0.755. The molecule has 0 radical (unpaired) electrons. The Labute approximate surface area is 48.9 Å². The number of rotatable bonds is 0. The molecule has 0 saturated heterocycles. The summed E-state index contributed by atoms with van der Waals surface area (Å²) >= 11 is 0. The molecular formula is C5H11N3. The number of hydrogen-bond donors (Lipinski definition) is 2. The number of amidine groups is 1. The minimum atomic E-state index is 0.0874. The highest BCUT2D eigenvalue weighted by Crippen LogP contribution is 2.12. The van der Waals surface area contributed by atoms with Gasteiger partial charge in [0, 0.05) is 6.42 Å². The molecule has 0 spiro atoms. The molecule has 1 aliphatic heterocycles. The van der Waals surface area contributed by atoms with Crippen molar-refractivity contribution in [3.05, 3.63) is 0 Å². The van der Waals surface area contributed by atoms with Crippen LogP contribution in [0, 0.1) is 0 Å². The molecule has 8 heavy (non-hydrogen) atoms. The molecule has 0 fully saturated rings. The molecular weight excluding hydrogens is 102 g/mol. The van der Waals surface area contributed by atoms with Crippen LogP contribution < -0.4 is 11.2 Å². The van der Waals surface area contributed by atoms with Gasteiger partial charge in [-0.3, -0.25) is 0 Å². The topological polar surface area (TPSA) is 50.4 Å². The Hall–Kier alpha value is -0.730.